The van der Waals surface area contributed by atoms with Gasteiger partial charge in [0.1, 0.15) is 5.82 Å². The Bertz CT molecular complexity index is 474. The number of benzene rings is 1. The average molecular weight is 234 g/mol. The van der Waals surface area contributed by atoms with E-state index in [-0.39, 0.29) is 5.82 Å². The van der Waals surface area contributed by atoms with Crippen molar-refractivity contribution < 1.29 is 9.18 Å². The second kappa shape index (κ2) is 4.40. The highest BCUT2D eigenvalue weighted by atomic mass is 19.1. The van der Waals surface area contributed by atoms with Crippen molar-refractivity contribution in [1.29, 1.82) is 0 Å². The maximum Gasteiger partial charge on any atom is 0.235 e. The summed E-state index contributed by atoms with van der Waals surface area (Å²) in [7, 11) is 3.79. The SMILES string of the molecule is CN(C)Cc1ccc(C2(N=C=O)CC2)cc1F. The largest absolute Gasteiger partial charge is 0.305 e. The van der Waals surface area contributed by atoms with Gasteiger partial charge in [0.25, 0.3) is 0 Å². The maximum absolute atomic E-state index is 13.8. The van der Waals surface area contributed by atoms with Crippen LogP contribution in [0.1, 0.15) is 24.0 Å². The number of aliphatic imine (C=N–C) groups is 1. The van der Waals surface area contributed by atoms with E-state index in [1.54, 1.807) is 12.1 Å². The minimum Gasteiger partial charge on any atom is -0.305 e. The van der Waals surface area contributed by atoms with Crippen LogP contribution in [0.15, 0.2) is 23.2 Å². The third-order valence-corrected chi connectivity index (χ3v) is 3.06. The molecule has 0 N–H and O–H groups in total. The van der Waals surface area contributed by atoms with Gasteiger partial charge in [0.05, 0.1) is 5.54 Å². The van der Waals surface area contributed by atoms with Crippen molar-refractivity contribution in [2.75, 3.05) is 14.1 Å². The molecule has 1 aliphatic rings. The monoisotopic (exact) mass is 234 g/mol. The number of isocyanates is 1. The molecule has 2 rings (SSSR count). The third kappa shape index (κ3) is 2.43. The molecule has 0 heterocycles. The molecule has 3 nitrogen and oxygen atoms in total. The molecule has 1 saturated carbocycles. The highest BCUT2D eigenvalue weighted by Crippen LogP contribution is 2.49. The van der Waals surface area contributed by atoms with Crippen molar-refractivity contribution in [2.45, 2.75) is 24.9 Å². The second-order valence-electron chi connectivity index (χ2n) is 4.78. The summed E-state index contributed by atoms with van der Waals surface area (Å²) in [5.74, 6) is -0.233. The number of hydrogen-bond acceptors (Lipinski definition) is 3. The van der Waals surface area contributed by atoms with E-state index >= 15 is 0 Å². The van der Waals surface area contributed by atoms with E-state index in [4.69, 9.17) is 0 Å². The minimum absolute atomic E-state index is 0.233. The van der Waals surface area contributed by atoms with E-state index in [0.717, 1.165) is 18.4 Å². The lowest BCUT2D eigenvalue weighted by Crippen LogP contribution is -2.12. The lowest BCUT2D eigenvalue weighted by Gasteiger charge is -2.13. The van der Waals surface area contributed by atoms with Gasteiger partial charge in [-0.15, -0.1) is 0 Å². The van der Waals surface area contributed by atoms with Gasteiger partial charge in [-0.3, -0.25) is 0 Å². The predicted molar refractivity (Wildman–Crippen MR) is 62.8 cm³/mol. The number of nitrogens with zero attached hydrogens (tertiary/aromatic N) is 2. The van der Waals surface area contributed by atoms with E-state index in [9.17, 15) is 9.18 Å². The molecule has 17 heavy (non-hydrogen) atoms. The van der Waals surface area contributed by atoms with Gasteiger partial charge in [-0.25, -0.2) is 9.18 Å². The number of carbonyl (C=O) groups excluding carboxylic acids is 1. The van der Waals surface area contributed by atoms with Crippen molar-refractivity contribution in [3.05, 3.63) is 35.1 Å². The predicted octanol–water partition coefficient (Wildman–Crippen LogP) is 2.21. The van der Waals surface area contributed by atoms with Crippen molar-refractivity contribution in [1.82, 2.24) is 4.90 Å². The Labute approximate surface area is 100.0 Å². The fraction of sp³-hybridized carbons (Fsp3) is 0.462. The number of halogens is 1. The van der Waals surface area contributed by atoms with Gasteiger partial charge in [-0.2, -0.15) is 4.99 Å². The Balaban J connectivity index is 2.28. The zero-order valence-electron chi connectivity index (χ0n) is 10.0. The summed E-state index contributed by atoms with van der Waals surface area (Å²) in [5.41, 5.74) is 0.949. The number of hydrogen-bond donors (Lipinski definition) is 0. The first-order valence-electron chi connectivity index (χ1n) is 5.60. The average Bonchev–Trinajstić information content (AvgIpc) is 3.02. The quantitative estimate of drug-likeness (QED) is 0.591. The van der Waals surface area contributed by atoms with Crippen LogP contribution in [0.25, 0.3) is 0 Å². The summed E-state index contributed by atoms with van der Waals surface area (Å²) in [6.45, 7) is 0.566. The maximum atomic E-state index is 13.8. The molecule has 90 valence electrons. The van der Waals surface area contributed by atoms with E-state index in [2.05, 4.69) is 4.99 Å². The first kappa shape index (κ1) is 12.0. The zero-order valence-corrected chi connectivity index (χ0v) is 10.0. The Hall–Kier alpha value is -1.51. The summed E-state index contributed by atoms with van der Waals surface area (Å²) >= 11 is 0. The molecular formula is C13H15FN2O. The Morgan fingerprint density at radius 3 is 2.65 bits per heavy atom. The smallest absolute Gasteiger partial charge is 0.235 e. The Morgan fingerprint density at radius 2 is 2.18 bits per heavy atom. The van der Waals surface area contributed by atoms with Crippen LogP contribution in [0.5, 0.6) is 0 Å². The summed E-state index contributed by atoms with van der Waals surface area (Å²) < 4.78 is 13.8. The highest BCUT2D eigenvalue weighted by molar-refractivity contribution is 5.42. The lowest BCUT2D eigenvalue weighted by molar-refractivity contribution is 0.392. The zero-order chi connectivity index (χ0) is 12.5. The Kier molecular flexibility index (Phi) is 3.09. The van der Waals surface area contributed by atoms with Gasteiger partial charge in [-0.1, -0.05) is 12.1 Å². The van der Waals surface area contributed by atoms with Crippen LogP contribution in [0, 0.1) is 5.82 Å². The molecule has 0 amide bonds. The van der Waals surface area contributed by atoms with Crippen LogP contribution in [-0.2, 0) is 16.9 Å². The molecule has 1 aromatic rings. The van der Waals surface area contributed by atoms with Gasteiger partial charge < -0.3 is 4.90 Å². The minimum atomic E-state index is -0.487. The molecular weight excluding hydrogens is 219 g/mol. The van der Waals surface area contributed by atoms with Gasteiger partial charge in [-0.05, 0) is 38.6 Å². The van der Waals surface area contributed by atoms with Gasteiger partial charge >= 0.3 is 0 Å². The molecule has 0 aliphatic heterocycles. The molecule has 0 radical (unpaired) electrons. The van der Waals surface area contributed by atoms with Crippen LogP contribution in [0.2, 0.25) is 0 Å². The number of rotatable bonds is 4. The van der Waals surface area contributed by atoms with Crippen molar-refractivity contribution in [3.8, 4) is 0 Å². The molecule has 0 atom stereocenters. The molecule has 1 aromatic carbocycles. The fourth-order valence-corrected chi connectivity index (χ4v) is 1.98. The van der Waals surface area contributed by atoms with Gasteiger partial charge in [0.15, 0.2) is 0 Å². The molecule has 4 heteroatoms. The molecule has 0 spiro atoms. The fourth-order valence-electron chi connectivity index (χ4n) is 1.98. The van der Waals surface area contributed by atoms with Crippen LogP contribution in [-0.4, -0.2) is 25.1 Å². The summed E-state index contributed by atoms with van der Waals surface area (Å²) in [5, 5.41) is 0. The van der Waals surface area contributed by atoms with E-state index in [0.29, 0.717) is 12.1 Å². The molecule has 0 unspecified atom stereocenters. The topological polar surface area (TPSA) is 32.7 Å². The van der Waals surface area contributed by atoms with Crippen molar-refractivity contribution >= 4 is 6.08 Å². The van der Waals surface area contributed by atoms with Gasteiger partial charge in [0, 0.05) is 12.1 Å². The Morgan fingerprint density at radius 1 is 1.47 bits per heavy atom. The van der Waals surface area contributed by atoms with Crippen molar-refractivity contribution in [2.24, 2.45) is 4.99 Å². The summed E-state index contributed by atoms with van der Waals surface area (Å²) in [6.07, 6.45) is 3.18. The van der Waals surface area contributed by atoms with Crippen LogP contribution < -0.4 is 0 Å². The molecule has 0 saturated heterocycles. The van der Waals surface area contributed by atoms with Crippen molar-refractivity contribution in [3.63, 3.8) is 0 Å². The van der Waals surface area contributed by atoms with Gasteiger partial charge in [0.2, 0.25) is 6.08 Å². The summed E-state index contributed by atoms with van der Waals surface area (Å²) in [6, 6.07) is 5.12. The third-order valence-electron chi connectivity index (χ3n) is 3.06. The lowest BCUT2D eigenvalue weighted by atomic mass is 10.0. The van der Waals surface area contributed by atoms with E-state index in [1.807, 2.05) is 25.1 Å². The normalized spacial score (nSPS) is 16.7. The van der Waals surface area contributed by atoms with Crippen LogP contribution >= 0.6 is 0 Å². The molecule has 1 fully saturated rings. The van der Waals surface area contributed by atoms with Crippen LogP contribution in [0.3, 0.4) is 0 Å². The highest BCUT2D eigenvalue weighted by Gasteiger charge is 2.45. The molecule has 0 aromatic heterocycles. The second-order valence-corrected chi connectivity index (χ2v) is 4.78. The summed E-state index contributed by atoms with van der Waals surface area (Å²) in [4.78, 5) is 16.0. The first-order chi connectivity index (χ1) is 8.07. The van der Waals surface area contributed by atoms with Crippen LogP contribution in [0.4, 0.5) is 4.39 Å². The van der Waals surface area contributed by atoms with E-state index in [1.165, 1.54) is 6.07 Å². The first-order valence-corrected chi connectivity index (χ1v) is 5.60. The molecule has 0 bridgehead atoms. The standard InChI is InChI=1S/C13H15FN2O/c1-16(2)8-10-3-4-11(7-12(10)14)13(5-6-13)15-9-17/h3-4,7H,5-6,8H2,1-2H3. The molecule has 1 aliphatic carbocycles. The van der Waals surface area contributed by atoms with E-state index < -0.39 is 5.54 Å².